The first kappa shape index (κ1) is 12.5. The lowest BCUT2D eigenvalue weighted by Crippen LogP contribution is -2.14. The molecule has 0 aliphatic carbocycles. The summed E-state index contributed by atoms with van der Waals surface area (Å²) in [5.74, 6) is 0. The third-order valence-corrected chi connectivity index (χ3v) is 3.15. The van der Waals surface area contributed by atoms with Crippen LogP contribution in [-0.4, -0.2) is 4.32 Å². The van der Waals surface area contributed by atoms with E-state index in [2.05, 4.69) is 36.7 Å². The van der Waals surface area contributed by atoms with Crippen molar-refractivity contribution in [1.29, 1.82) is 0 Å². The predicted molar refractivity (Wildman–Crippen MR) is 61.0 cm³/mol. The van der Waals surface area contributed by atoms with Crippen LogP contribution in [0.5, 0.6) is 0 Å². The van der Waals surface area contributed by atoms with Gasteiger partial charge in [-0.25, -0.2) is 0 Å². The summed E-state index contributed by atoms with van der Waals surface area (Å²) in [5.41, 5.74) is 0. The third-order valence-electron chi connectivity index (χ3n) is 2.35. The maximum atomic E-state index is 3.81. The fraction of sp³-hybridized carbons (Fsp3) is 1.00. The fourth-order valence-corrected chi connectivity index (χ4v) is 1.97. The molecule has 0 rings (SSSR count). The molecule has 0 saturated carbocycles. The van der Waals surface area contributed by atoms with Gasteiger partial charge in [0.2, 0.25) is 0 Å². The number of rotatable bonds is 7. The van der Waals surface area contributed by atoms with Gasteiger partial charge in [0.25, 0.3) is 0 Å². The number of hydrogen-bond donors (Lipinski definition) is 0. The van der Waals surface area contributed by atoms with Crippen LogP contribution in [0, 0.1) is 0 Å². The van der Waals surface area contributed by atoms with Gasteiger partial charge in [0.15, 0.2) is 0 Å². The van der Waals surface area contributed by atoms with Crippen molar-refractivity contribution >= 4 is 15.9 Å². The van der Waals surface area contributed by atoms with Crippen molar-refractivity contribution in [3.05, 3.63) is 0 Å². The lowest BCUT2D eigenvalue weighted by atomic mass is 9.97. The molecule has 0 saturated heterocycles. The van der Waals surface area contributed by atoms with E-state index in [0.29, 0.717) is 4.32 Å². The molecule has 1 unspecified atom stereocenters. The van der Waals surface area contributed by atoms with Gasteiger partial charge in [-0.1, -0.05) is 61.9 Å². The molecule has 1 heteroatoms. The van der Waals surface area contributed by atoms with Gasteiger partial charge in [-0.15, -0.1) is 0 Å². The van der Waals surface area contributed by atoms with Crippen molar-refractivity contribution in [2.75, 3.05) is 0 Å². The molecule has 0 fully saturated rings. The Balaban J connectivity index is 3.42. The zero-order valence-electron chi connectivity index (χ0n) is 8.83. The highest BCUT2D eigenvalue weighted by Crippen LogP contribution is 2.30. The highest BCUT2D eigenvalue weighted by Gasteiger charge is 2.17. The molecule has 0 aromatic heterocycles. The summed E-state index contributed by atoms with van der Waals surface area (Å²) in [6.45, 7) is 6.85. The average molecular weight is 235 g/mol. The van der Waals surface area contributed by atoms with Gasteiger partial charge >= 0.3 is 0 Å². The van der Waals surface area contributed by atoms with Gasteiger partial charge in [0.1, 0.15) is 0 Å². The molecule has 74 valence electrons. The van der Waals surface area contributed by atoms with Crippen LogP contribution in [-0.2, 0) is 0 Å². The molecule has 0 aliphatic heterocycles. The van der Waals surface area contributed by atoms with Gasteiger partial charge in [-0.3, -0.25) is 0 Å². The Kier molecular flexibility index (Phi) is 7.22. The first-order valence-corrected chi connectivity index (χ1v) is 6.10. The number of halogens is 1. The molecule has 1 atom stereocenters. The quantitative estimate of drug-likeness (QED) is 0.434. The SMILES string of the molecule is CCCCCC(C)(Br)CCCC. The minimum absolute atomic E-state index is 0.415. The molecular weight excluding hydrogens is 212 g/mol. The van der Waals surface area contributed by atoms with E-state index in [9.17, 15) is 0 Å². The van der Waals surface area contributed by atoms with Crippen LogP contribution in [0.25, 0.3) is 0 Å². The monoisotopic (exact) mass is 234 g/mol. The Labute approximate surface area is 86.3 Å². The molecule has 12 heavy (non-hydrogen) atoms. The topological polar surface area (TPSA) is 0 Å². The molecule has 0 aromatic carbocycles. The zero-order valence-corrected chi connectivity index (χ0v) is 10.4. The van der Waals surface area contributed by atoms with Crippen LogP contribution >= 0.6 is 15.9 Å². The molecule has 0 aromatic rings. The molecule has 0 heterocycles. The lowest BCUT2D eigenvalue weighted by molar-refractivity contribution is 0.498. The third kappa shape index (κ3) is 7.15. The van der Waals surface area contributed by atoms with Crippen LogP contribution < -0.4 is 0 Å². The highest BCUT2D eigenvalue weighted by molar-refractivity contribution is 9.10. The van der Waals surface area contributed by atoms with E-state index >= 15 is 0 Å². The van der Waals surface area contributed by atoms with E-state index in [4.69, 9.17) is 0 Å². The standard InChI is InChI=1S/C11H23Br/c1-4-6-8-10-11(3,12)9-7-5-2/h4-10H2,1-3H3. The normalized spacial score (nSPS) is 16.0. The van der Waals surface area contributed by atoms with Crippen molar-refractivity contribution < 1.29 is 0 Å². The molecule has 0 spiro atoms. The summed E-state index contributed by atoms with van der Waals surface area (Å²) in [6, 6.07) is 0. The summed E-state index contributed by atoms with van der Waals surface area (Å²) in [6.07, 6.45) is 9.42. The molecule has 0 aliphatic rings. The van der Waals surface area contributed by atoms with Crippen molar-refractivity contribution in [2.45, 2.75) is 70.0 Å². The van der Waals surface area contributed by atoms with Crippen molar-refractivity contribution in [1.82, 2.24) is 0 Å². The van der Waals surface area contributed by atoms with Gasteiger partial charge < -0.3 is 0 Å². The van der Waals surface area contributed by atoms with Crippen molar-refractivity contribution in [3.63, 3.8) is 0 Å². The van der Waals surface area contributed by atoms with Crippen LogP contribution in [0.1, 0.15) is 65.7 Å². The lowest BCUT2D eigenvalue weighted by Gasteiger charge is -2.21. The first-order chi connectivity index (χ1) is 5.62. The Bertz CT molecular complexity index is 97.2. The summed E-state index contributed by atoms with van der Waals surface area (Å²) in [5, 5.41) is 0. The maximum absolute atomic E-state index is 3.81. The van der Waals surface area contributed by atoms with E-state index in [1.54, 1.807) is 0 Å². The van der Waals surface area contributed by atoms with Crippen LogP contribution in [0.2, 0.25) is 0 Å². The van der Waals surface area contributed by atoms with E-state index in [-0.39, 0.29) is 0 Å². The van der Waals surface area contributed by atoms with Gasteiger partial charge in [-0.2, -0.15) is 0 Å². The average Bonchev–Trinajstić information content (AvgIpc) is 2.01. The Morgan fingerprint density at radius 2 is 1.42 bits per heavy atom. The van der Waals surface area contributed by atoms with Gasteiger partial charge in [0, 0.05) is 4.32 Å². The van der Waals surface area contributed by atoms with E-state index in [1.807, 2.05) is 0 Å². The summed E-state index contributed by atoms with van der Waals surface area (Å²) in [4.78, 5) is 0. The van der Waals surface area contributed by atoms with Gasteiger partial charge in [0.05, 0.1) is 0 Å². The molecule has 0 amide bonds. The summed E-state index contributed by atoms with van der Waals surface area (Å²) < 4.78 is 0.415. The molecule has 0 bridgehead atoms. The van der Waals surface area contributed by atoms with E-state index in [1.165, 1.54) is 44.9 Å². The zero-order chi connectivity index (χ0) is 9.45. The maximum Gasteiger partial charge on any atom is 0.0229 e. The minimum atomic E-state index is 0.415. The Hall–Kier alpha value is 0.480. The first-order valence-electron chi connectivity index (χ1n) is 5.31. The Morgan fingerprint density at radius 3 is 1.92 bits per heavy atom. The second-order valence-corrected chi connectivity index (χ2v) is 5.89. The van der Waals surface area contributed by atoms with E-state index < -0.39 is 0 Å². The predicted octanol–water partition coefficient (Wildman–Crippen LogP) is 4.91. The van der Waals surface area contributed by atoms with Crippen LogP contribution in [0.15, 0.2) is 0 Å². The summed E-state index contributed by atoms with van der Waals surface area (Å²) in [7, 11) is 0. The smallest absolute Gasteiger partial charge is 0.0229 e. The molecular formula is C11H23Br. The second kappa shape index (κ2) is 6.94. The number of alkyl halides is 1. The Morgan fingerprint density at radius 1 is 0.917 bits per heavy atom. The second-order valence-electron chi connectivity index (χ2n) is 3.97. The van der Waals surface area contributed by atoms with Crippen molar-refractivity contribution in [3.8, 4) is 0 Å². The minimum Gasteiger partial charge on any atom is -0.0856 e. The van der Waals surface area contributed by atoms with Gasteiger partial charge in [-0.05, 0) is 19.8 Å². The number of hydrogen-bond acceptors (Lipinski definition) is 0. The highest BCUT2D eigenvalue weighted by atomic mass is 79.9. The van der Waals surface area contributed by atoms with Crippen LogP contribution in [0.3, 0.4) is 0 Å². The van der Waals surface area contributed by atoms with Crippen LogP contribution in [0.4, 0.5) is 0 Å². The molecule has 0 radical (unpaired) electrons. The molecule has 0 nitrogen and oxygen atoms in total. The van der Waals surface area contributed by atoms with Crippen molar-refractivity contribution in [2.24, 2.45) is 0 Å². The largest absolute Gasteiger partial charge is 0.0856 e. The molecule has 0 N–H and O–H groups in total. The van der Waals surface area contributed by atoms with E-state index in [0.717, 1.165) is 0 Å². The summed E-state index contributed by atoms with van der Waals surface area (Å²) >= 11 is 3.81. The fourth-order valence-electron chi connectivity index (χ4n) is 1.41. The number of unbranched alkanes of at least 4 members (excludes halogenated alkanes) is 3.